The number of thiocarbonyl (C=S) groups is 1. The Bertz CT molecular complexity index is 1520. The van der Waals surface area contributed by atoms with Gasteiger partial charge in [0.25, 0.3) is 0 Å². The highest BCUT2D eigenvalue weighted by Gasteiger charge is 2.41. The molecule has 1 saturated heterocycles. The summed E-state index contributed by atoms with van der Waals surface area (Å²) in [6, 6.07) is 23.7. The van der Waals surface area contributed by atoms with Crippen LogP contribution in [-0.4, -0.2) is 43.1 Å². The van der Waals surface area contributed by atoms with Crippen LogP contribution in [0.2, 0.25) is 0 Å². The monoisotopic (exact) mass is 539 g/mol. The molecule has 0 bridgehead atoms. The van der Waals surface area contributed by atoms with Gasteiger partial charge in [-0.25, -0.2) is 4.79 Å². The molecule has 0 saturated carbocycles. The van der Waals surface area contributed by atoms with Crippen molar-refractivity contribution in [1.29, 1.82) is 0 Å². The van der Waals surface area contributed by atoms with Crippen LogP contribution in [0.4, 0.5) is 5.69 Å². The van der Waals surface area contributed by atoms with Gasteiger partial charge in [-0.2, -0.15) is 0 Å². The summed E-state index contributed by atoms with van der Waals surface area (Å²) in [5.41, 5.74) is 5.55. The first-order chi connectivity index (χ1) is 18.8. The molecule has 8 nitrogen and oxygen atoms in total. The number of amides is 1. The first-order valence-electron chi connectivity index (χ1n) is 12.7. The SMILES string of the molecule is Cc1cc([C@H]2[C@@H](c3ccccn3)NC(=S)N2CCC(=O)Nc2ccccc2)c(C)n1-c1cccc(C(=O)O)c1. The normalized spacial score (nSPS) is 16.7. The summed E-state index contributed by atoms with van der Waals surface area (Å²) in [5.74, 6) is -1.07. The lowest BCUT2D eigenvalue weighted by Crippen LogP contribution is -2.32. The highest BCUT2D eigenvalue weighted by Crippen LogP contribution is 2.41. The van der Waals surface area contributed by atoms with Crippen LogP contribution in [0, 0.1) is 13.8 Å². The minimum Gasteiger partial charge on any atom is -0.478 e. The fourth-order valence-corrected chi connectivity index (χ4v) is 5.55. The third-order valence-corrected chi connectivity index (χ3v) is 7.33. The van der Waals surface area contributed by atoms with Gasteiger partial charge in [0.1, 0.15) is 0 Å². The zero-order chi connectivity index (χ0) is 27.5. The van der Waals surface area contributed by atoms with E-state index in [0.29, 0.717) is 11.7 Å². The van der Waals surface area contributed by atoms with E-state index < -0.39 is 5.97 Å². The van der Waals surface area contributed by atoms with Gasteiger partial charge in [0.2, 0.25) is 5.91 Å². The van der Waals surface area contributed by atoms with Crippen molar-refractivity contribution in [1.82, 2.24) is 19.8 Å². The lowest BCUT2D eigenvalue weighted by Gasteiger charge is -2.28. The Balaban J connectivity index is 1.49. The standard InChI is InChI=1S/C30H29N5O3S/c1-19-17-24(20(2)35(19)23-12-8-9-21(18-23)29(37)38)28-27(25-13-6-7-15-31-25)33-30(39)34(28)16-14-26(36)32-22-10-4-3-5-11-22/h3-13,15,17-18,27-28H,14,16H2,1-2H3,(H,32,36)(H,33,39)(H,37,38)/t27-,28+/m1/s1. The second-order valence-corrected chi connectivity index (χ2v) is 9.89. The van der Waals surface area contributed by atoms with Crippen molar-refractivity contribution in [3.05, 3.63) is 113 Å². The smallest absolute Gasteiger partial charge is 0.335 e. The Labute approximate surface area is 232 Å². The zero-order valence-corrected chi connectivity index (χ0v) is 22.5. The molecule has 2 aromatic heterocycles. The number of carbonyl (C=O) groups excluding carboxylic acids is 1. The molecule has 2 atom stereocenters. The predicted molar refractivity (Wildman–Crippen MR) is 154 cm³/mol. The third-order valence-electron chi connectivity index (χ3n) is 6.98. The number of carboxylic acid groups (broad SMARTS) is 1. The lowest BCUT2D eigenvalue weighted by atomic mass is 9.96. The van der Waals surface area contributed by atoms with Gasteiger partial charge in [-0.15, -0.1) is 0 Å². The van der Waals surface area contributed by atoms with Crippen LogP contribution < -0.4 is 10.6 Å². The molecular formula is C30H29N5O3S. The molecular weight excluding hydrogens is 510 g/mol. The van der Waals surface area contributed by atoms with Gasteiger partial charge in [-0.3, -0.25) is 9.78 Å². The molecule has 2 aromatic carbocycles. The zero-order valence-electron chi connectivity index (χ0n) is 21.7. The molecule has 1 aliphatic heterocycles. The van der Waals surface area contributed by atoms with Crippen molar-refractivity contribution >= 4 is 34.9 Å². The van der Waals surface area contributed by atoms with E-state index in [1.54, 1.807) is 24.4 Å². The minimum atomic E-state index is -0.972. The van der Waals surface area contributed by atoms with Crippen molar-refractivity contribution in [2.75, 3.05) is 11.9 Å². The first-order valence-corrected chi connectivity index (χ1v) is 13.1. The summed E-state index contributed by atoms with van der Waals surface area (Å²) < 4.78 is 2.05. The van der Waals surface area contributed by atoms with Crippen LogP contribution in [0.15, 0.2) is 85.1 Å². The second kappa shape index (κ2) is 11.1. The Kier molecular flexibility index (Phi) is 7.42. The number of benzene rings is 2. The van der Waals surface area contributed by atoms with E-state index >= 15 is 0 Å². The van der Waals surface area contributed by atoms with Crippen LogP contribution >= 0.6 is 12.2 Å². The van der Waals surface area contributed by atoms with Gasteiger partial charge in [0, 0.05) is 41.9 Å². The molecule has 1 amide bonds. The average Bonchev–Trinajstić information content (AvgIpc) is 3.42. The average molecular weight is 540 g/mol. The summed E-state index contributed by atoms with van der Waals surface area (Å²) in [6.45, 7) is 4.43. The molecule has 39 heavy (non-hydrogen) atoms. The van der Waals surface area contributed by atoms with Crippen molar-refractivity contribution in [2.24, 2.45) is 0 Å². The van der Waals surface area contributed by atoms with Crippen LogP contribution in [0.5, 0.6) is 0 Å². The number of nitrogens with one attached hydrogen (secondary N) is 2. The number of hydrogen-bond donors (Lipinski definition) is 3. The molecule has 3 heterocycles. The molecule has 0 radical (unpaired) electrons. The number of carbonyl (C=O) groups is 2. The molecule has 5 rings (SSSR count). The van der Waals surface area contributed by atoms with E-state index in [1.165, 1.54) is 0 Å². The minimum absolute atomic E-state index is 0.0972. The molecule has 9 heteroatoms. The summed E-state index contributed by atoms with van der Waals surface area (Å²) >= 11 is 5.78. The van der Waals surface area contributed by atoms with Crippen molar-refractivity contribution in [2.45, 2.75) is 32.4 Å². The summed E-state index contributed by atoms with van der Waals surface area (Å²) in [5, 5.41) is 16.5. The molecule has 4 aromatic rings. The topological polar surface area (TPSA) is 99.5 Å². The molecule has 198 valence electrons. The van der Waals surface area contributed by atoms with Gasteiger partial charge in [0.05, 0.1) is 23.3 Å². The van der Waals surface area contributed by atoms with Crippen LogP contribution in [0.25, 0.3) is 5.69 Å². The molecule has 3 N–H and O–H groups in total. The summed E-state index contributed by atoms with van der Waals surface area (Å²) in [7, 11) is 0. The van der Waals surface area contributed by atoms with E-state index in [4.69, 9.17) is 12.2 Å². The fraction of sp³-hybridized carbons (Fsp3) is 0.200. The van der Waals surface area contributed by atoms with Crippen LogP contribution in [-0.2, 0) is 4.79 Å². The van der Waals surface area contributed by atoms with Crippen molar-refractivity contribution in [3.63, 3.8) is 0 Å². The number of aryl methyl sites for hydroxylation is 1. The van der Waals surface area contributed by atoms with E-state index in [0.717, 1.165) is 34.0 Å². The van der Waals surface area contributed by atoms with Gasteiger partial charge in [-0.1, -0.05) is 30.3 Å². The fourth-order valence-electron chi connectivity index (χ4n) is 5.21. The Morgan fingerprint density at radius 1 is 1.03 bits per heavy atom. The van der Waals surface area contributed by atoms with Crippen LogP contribution in [0.3, 0.4) is 0 Å². The Hall–Kier alpha value is -4.50. The number of nitrogens with zero attached hydrogens (tertiary/aromatic N) is 3. The number of carboxylic acids is 1. The molecule has 1 aliphatic rings. The molecule has 1 fully saturated rings. The van der Waals surface area contributed by atoms with Gasteiger partial charge in [-0.05, 0) is 80.2 Å². The first kappa shape index (κ1) is 26.1. The molecule has 0 aliphatic carbocycles. The summed E-state index contributed by atoms with van der Waals surface area (Å²) in [6.07, 6.45) is 2.01. The van der Waals surface area contributed by atoms with Crippen molar-refractivity contribution < 1.29 is 14.7 Å². The van der Waals surface area contributed by atoms with E-state index in [-0.39, 0.29) is 30.0 Å². The Morgan fingerprint density at radius 2 is 1.79 bits per heavy atom. The number of anilines is 1. The summed E-state index contributed by atoms with van der Waals surface area (Å²) in [4.78, 5) is 31.1. The van der Waals surface area contributed by atoms with Gasteiger partial charge in [0.15, 0.2) is 5.11 Å². The van der Waals surface area contributed by atoms with E-state index in [2.05, 4.69) is 31.2 Å². The highest BCUT2D eigenvalue weighted by atomic mass is 32.1. The third kappa shape index (κ3) is 5.39. The largest absolute Gasteiger partial charge is 0.478 e. The predicted octanol–water partition coefficient (Wildman–Crippen LogP) is 5.19. The molecule has 0 spiro atoms. The number of aromatic carboxylic acids is 1. The van der Waals surface area contributed by atoms with Gasteiger partial charge >= 0.3 is 5.97 Å². The number of para-hydroxylation sites is 1. The van der Waals surface area contributed by atoms with Crippen molar-refractivity contribution in [3.8, 4) is 5.69 Å². The highest BCUT2D eigenvalue weighted by molar-refractivity contribution is 7.80. The maximum Gasteiger partial charge on any atom is 0.335 e. The second-order valence-electron chi connectivity index (χ2n) is 9.50. The number of aromatic nitrogens is 2. The maximum absolute atomic E-state index is 12.8. The number of pyridine rings is 1. The van der Waals surface area contributed by atoms with E-state index in [1.807, 2.05) is 68.4 Å². The number of hydrogen-bond acceptors (Lipinski definition) is 4. The van der Waals surface area contributed by atoms with E-state index in [9.17, 15) is 14.7 Å². The Morgan fingerprint density at radius 3 is 2.51 bits per heavy atom. The quantitative estimate of drug-likeness (QED) is 0.265. The lowest BCUT2D eigenvalue weighted by molar-refractivity contribution is -0.116. The van der Waals surface area contributed by atoms with Crippen LogP contribution in [0.1, 0.15) is 51.5 Å². The van der Waals surface area contributed by atoms with Gasteiger partial charge < -0.3 is 25.2 Å². The number of rotatable bonds is 8. The molecule has 0 unspecified atom stereocenters. The maximum atomic E-state index is 12.8.